The van der Waals surface area contributed by atoms with E-state index in [9.17, 15) is 0 Å². The highest BCUT2D eigenvalue weighted by Crippen LogP contribution is 2.11. The largest absolute Gasteiger partial charge is 0.392 e. The summed E-state index contributed by atoms with van der Waals surface area (Å²) in [6.45, 7) is 2.70. The second kappa shape index (κ2) is 5.46. The van der Waals surface area contributed by atoms with Crippen LogP contribution in [-0.2, 0) is 13.2 Å². The lowest BCUT2D eigenvalue weighted by molar-refractivity contribution is 0.280. The summed E-state index contributed by atoms with van der Waals surface area (Å²) in [5.74, 6) is 0.837. The lowest BCUT2D eigenvalue weighted by Crippen LogP contribution is -2.03. The highest BCUT2D eigenvalue weighted by atomic mass is 16.3. The number of rotatable bonds is 4. The van der Waals surface area contributed by atoms with Crippen LogP contribution in [0.15, 0.2) is 42.5 Å². The van der Waals surface area contributed by atoms with Crippen LogP contribution in [0.1, 0.15) is 16.8 Å². The molecule has 0 amide bonds. The van der Waals surface area contributed by atoms with Crippen LogP contribution < -0.4 is 5.32 Å². The molecule has 1 aromatic heterocycles. The zero-order valence-corrected chi connectivity index (χ0v) is 9.85. The van der Waals surface area contributed by atoms with Crippen molar-refractivity contribution in [3.8, 4) is 0 Å². The number of hydrogen-bond donors (Lipinski definition) is 2. The molecule has 0 aliphatic heterocycles. The van der Waals surface area contributed by atoms with Gasteiger partial charge in [-0.3, -0.25) is 0 Å². The molecule has 0 saturated heterocycles. The van der Waals surface area contributed by atoms with Crippen LogP contribution in [0, 0.1) is 6.92 Å². The van der Waals surface area contributed by atoms with Crippen molar-refractivity contribution in [3.05, 3.63) is 59.3 Å². The van der Waals surface area contributed by atoms with Crippen molar-refractivity contribution in [1.82, 2.24) is 4.98 Å². The van der Waals surface area contributed by atoms with E-state index in [4.69, 9.17) is 5.11 Å². The smallest absolute Gasteiger partial charge is 0.126 e. The Bertz CT molecular complexity index is 483. The van der Waals surface area contributed by atoms with Gasteiger partial charge in [0.05, 0.1) is 6.61 Å². The van der Waals surface area contributed by atoms with Crippen LogP contribution >= 0.6 is 0 Å². The summed E-state index contributed by atoms with van der Waals surface area (Å²) in [6.07, 6.45) is 0. The first-order valence-electron chi connectivity index (χ1n) is 5.65. The average molecular weight is 228 g/mol. The second-order valence-corrected chi connectivity index (χ2v) is 3.94. The highest BCUT2D eigenvalue weighted by Gasteiger charge is 2.00. The van der Waals surface area contributed by atoms with Crippen molar-refractivity contribution in [2.75, 3.05) is 5.32 Å². The minimum absolute atomic E-state index is 0.0395. The van der Waals surface area contributed by atoms with Gasteiger partial charge in [-0.15, -0.1) is 0 Å². The SMILES string of the molecule is Cc1nc(NCc2ccccc2)ccc1CO. The number of aryl methyl sites for hydroxylation is 1. The topological polar surface area (TPSA) is 45.2 Å². The van der Waals surface area contributed by atoms with E-state index >= 15 is 0 Å². The summed E-state index contributed by atoms with van der Waals surface area (Å²) in [5, 5.41) is 12.3. The van der Waals surface area contributed by atoms with Gasteiger partial charge in [0.1, 0.15) is 5.82 Å². The van der Waals surface area contributed by atoms with Crippen molar-refractivity contribution in [3.63, 3.8) is 0 Å². The van der Waals surface area contributed by atoms with Gasteiger partial charge >= 0.3 is 0 Å². The number of aromatic nitrogens is 1. The summed E-state index contributed by atoms with van der Waals surface area (Å²) in [5.41, 5.74) is 2.96. The third-order valence-electron chi connectivity index (χ3n) is 2.68. The van der Waals surface area contributed by atoms with E-state index in [2.05, 4.69) is 22.4 Å². The molecule has 17 heavy (non-hydrogen) atoms. The van der Waals surface area contributed by atoms with Crippen LogP contribution in [0.4, 0.5) is 5.82 Å². The Morgan fingerprint density at radius 1 is 1.12 bits per heavy atom. The zero-order chi connectivity index (χ0) is 12.1. The van der Waals surface area contributed by atoms with E-state index in [-0.39, 0.29) is 6.61 Å². The van der Waals surface area contributed by atoms with Crippen molar-refractivity contribution < 1.29 is 5.11 Å². The maximum Gasteiger partial charge on any atom is 0.126 e. The number of aliphatic hydroxyl groups is 1. The zero-order valence-electron chi connectivity index (χ0n) is 9.85. The minimum atomic E-state index is 0.0395. The third-order valence-corrected chi connectivity index (χ3v) is 2.68. The number of nitrogens with one attached hydrogen (secondary N) is 1. The first-order chi connectivity index (χ1) is 8.29. The van der Waals surface area contributed by atoms with E-state index in [1.54, 1.807) is 0 Å². The standard InChI is InChI=1S/C14H16N2O/c1-11-13(10-17)7-8-14(16-11)15-9-12-5-3-2-4-6-12/h2-8,17H,9-10H2,1H3,(H,15,16). The Balaban J connectivity index is 2.02. The molecular formula is C14H16N2O. The number of aliphatic hydroxyl groups excluding tert-OH is 1. The van der Waals surface area contributed by atoms with Gasteiger partial charge in [-0.2, -0.15) is 0 Å². The molecule has 2 N–H and O–H groups in total. The highest BCUT2D eigenvalue weighted by molar-refractivity contribution is 5.39. The fourth-order valence-corrected chi connectivity index (χ4v) is 1.64. The molecule has 0 aliphatic rings. The van der Waals surface area contributed by atoms with Gasteiger partial charge in [-0.25, -0.2) is 4.98 Å². The lowest BCUT2D eigenvalue weighted by Gasteiger charge is -2.08. The lowest BCUT2D eigenvalue weighted by atomic mass is 10.2. The molecule has 0 bridgehead atoms. The first-order valence-corrected chi connectivity index (χ1v) is 5.65. The maximum atomic E-state index is 9.06. The van der Waals surface area contributed by atoms with Gasteiger partial charge in [0.25, 0.3) is 0 Å². The summed E-state index contributed by atoms with van der Waals surface area (Å²) < 4.78 is 0. The number of benzene rings is 1. The third kappa shape index (κ3) is 3.04. The quantitative estimate of drug-likeness (QED) is 0.845. The Morgan fingerprint density at radius 2 is 1.88 bits per heavy atom. The van der Waals surface area contributed by atoms with Crippen LogP contribution in [-0.4, -0.2) is 10.1 Å². The summed E-state index contributed by atoms with van der Waals surface area (Å²) in [6, 6.07) is 14.0. The monoisotopic (exact) mass is 228 g/mol. The summed E-state index contributed by atoms with van der Waals surface area (Å²) >= 11 is 0. The van der Waals surface area contributed by atoms with Crippen LogP contribution in [0.3, 0.4) is 0 Å². The van der Waals surface area contributed by atoms with Crippen molar-refractivity contribution in [2.45, 2.75) is 20.1 Å². The van der Waals surface area contributed by atoms with E-state index < -0.39 is 0 Å². The van der Waals surface area contributed by atoms with Gasteiger partial charge in [-0.05, 0) is 24.1 Å². The van der Waals surface area contributed by atoms with Gasteiger partial charge in [0, 0.05) is 12.2 Å². The van der Waals surface area contributed by atoms with E-state index in [1.807, 2.05) is 37.3 Å². The van der Waals surface area contributed by atoms with E-state index in [0.29, 0.717) is 0 Å². The molecule has 2 aromatic rings. The molecule has 3 heteroatoms. The predicted molar refractivity (Wildman–Crippen MR) is 68.7 cm³/mol. The molecular weight excluding hydrogens is 212 g/mol. The van der Waals surface area contributed by atoms with Crippen molar-refractivity contribution in [2.24, 2.45) is 0 Å². The van der Waals surface area contributed by atoms with Crippen LogP contribution in [0.2, 0.25) is 0 Å². The molecule has 3 nitrogen and oxygen atoms in total. The molecule has 0 aliphatic carbocycles. The molecule has 0 saturated carbocycles. The van der Waals surface area contributed by atoms with Crippen molar-refractivity contribution >= 4 is 5.82 Å². The molecule has 1 heterocycles. The van der Waals surface area contributed by atoms with Gasteiger partial charge in [0.15, 0.2) is 0 Å². The second-order valence-electron chi connectivity index (χ2n) is 3.94. The van der Waals surface area contributed by atoms with Crippen LogP contribution in [0.25, 0.3) is 0 Å². The maximum absolute atomic E-state index is 9.06. The molecule has 0 radical (unpaired) electrons. The number of hydrogen-bond acceptors (Lipinski definition) is 3. The molecule has 2 rings (SSSR count). The number of anilines is 1. The van der Waals surface area contributed by atoms with E-state index in [0.717, 1.165) is 23.6 Å². The molecule has 0 spiro atoms. The van der Waals surface area contributed by atoms with Gasteiger partial charge in [-0.1, -0.05) is 36.4 Å². The Kier molecular flexibility index (Phi) is 3.73. The molecule has 88 valence electrons. The fraction of sp³-hybridized carbons (Fsp3) is 0.214. The fourth-order valence-electron chi connectivity index (χ4n) is 1.64. The van der Waals surface area contributed by atoms with Crippen LogP contribution in [0.5, 0.6) is 0 Å². The number of nitrogens with zero attached hydrogens (tertiary/aromatic N) is 1. The van der Waals surface area contributed by atoms with Crippen molar-refractivity contribution in [1.29, 1.82) is 0 Å². The first kappa shape index (κ1) is 11.6. The Labute approximate surface area is 101 Å². The minimum Gasteiger partial charge on any atom is -0.392 e. The average Bonchev–Trinajstić information content (AvgIpc) is 2.38. The summed E-state index contributed by atoms with van der Waals surface area (Å²) in [7, 11) is 0. The molecule has 0 fully saturated rings. The van der Waals surface area contributed by atoms with E-state index in [1.165, 1.54) is 5.56 Å². The predicted octanol–water partition coefficient (Wildman–Crippen LogP) is 2.49. The molecule has 1 aromatic carbocycles. The normalized spacial score (nSPS) is 10.2. The molecule has 0 unspecified atom stereocenters. The van der Waals surface area contributed by atoms with Gasteiger partial charge < -0.3 is 10.4 Å². The van der Waals surface area contributed by atoms with Gasteiger partial charge in [0.2, 0.25) is 0 Å². The number of pyridine rings is 1. The summed E-state index contributed by atoms with van der Waals surface area (Å²) in [4.78, 5) is 4.39. The Morgan fingerprint density at radius 3 is 2.53 bits per heavy atom. The Hall–Kier alpha value is -1.87. The molecule has 0 atom stereocenters.